The van der Waals surface area contributed by atoms with Crippen molar-refractivity contribution >= 4 is 11.3 Å². The van der Waals surface area contributed by atoms with Crippen LogP contribution in [0.15, 0.2) is 6.20 Å². The highest BCUT2D eigenvalue weighted by molar-refractivity contribution is 7.11. The van der Waals surface area contributed by atoms with Crippen molar-refractivity contribution in [1.29, 1.82) is 0 Å². The van der Waals surface area contributed by atoms with E-state index in [2.05, 4.69) is 38.0 Å². The number of nitrogens with one attached hydrogen (secondary N) is 1. The van der Waals surface area contributed by atoms with Crippen LogP contribution in [0.4, 0.5) is 0 Å². The first-order chi connectivity index (χ1) is 7.98. The molecular weight excluding hydrogens is 232 g/mol. The molecule has 1 aromatic rings. The topological polar surface area (TPSA) is 34.1 Å². The fourth-order valence-electron chi connectivity index (χ4n) is 1.72. The van der Waals surface area contributed by atoms with E-state index in [-0.39, 0.29) is 5.60 Å². The van der Waals surface area contributed by atoms with Gasteiger partial charge in [-0.15, -0.1) is 11.3 Å². The van der Waals surface area contributed by atoms with Crippen LogP contribution in [0.2, 0.25) is 0 Å². The van der Waals surface area contributed by atoms with E-state index in [1.165, 1.54) is 4.88 Å². The van der Waals surface area contributed by atoms with E-state index in [1.54, 1.807) is 18.4 Å². The van der Waals surface area contributed by atoms with Gasteiger partial charge in [-0.3, -0.25) is 0 Å². The Labute approximate surface area is 109 Å². The van der Waals surface area contributed by atoms with Crippen LogP contribution in [0.5, 0.6) is 0 Å². The van der Waals surface area contributed by atoms with Gasteiger partial charge in [-0.25, -0.2) is 4.98 Å². The van der Waals surface area contributed by atoms with Crippen molar-refractivity contribution in [2.45, 2.75) is 52.2 Å². The molecule has 3 nitrogen and oxygen atoms in total. The molecule has 0 radical (unpaired) electrons. The minimum atomic E-state index is -0.0482. The molecule has 0 fully saturated rings. The molecule has 17 heavy (non-hydrogen) atoms. The van der Waals surface area contributed by atoms with Gasteiger partial charge in [0.1, 0.15) is 0 Å². The van der Waals surface area contributed by atoms with Gasteiger partial charge in [0, 0.05) is 24.2 Å². The highest BCUT2D eigenvalue weighted by Crippen LogP contribution is 2.27. The summed E-state index contributed by atoms with van der Waals surface area (Å²) in [7, 11) is 1.78. The maximum Gasteiger partial charge on any atom is 0.0897 e. The molecule has 0 aliphatic carbocycles. The van der Waals surface area contributed by atoms with Crippen LogP contribution >= 0.6 is 11.3 Å². The Hall–Kier alpha value is -0.450. The minimum absolute atomic E-state index is 0.0482. The summed E-state index contributed by atoms with van der Waals surface area (Å²) in [6, 6.07) is 0.403. The molecule has 1 heterocycles. The number of thiazole rings is 1. The van der Waals surface area contributed by atoms with Crippen LogP contribution in [-0.4, -0.2) is 24.2 Å². The molecule has 0 aliphatic rings. The van der Waals surface area contributed by atoms with Gasteiger partial charge in [0.2, 0.25) is 0 Å². The lowest BCUT2D eigenvalue weighted by atomic mass is 9.98. The Bertz CT molecular complexity index is 336. The number of hydrogen-bond donors (Lipinski definition) is 1. The van der Waals surface area contributed by atoms with Crippen molar-refractivity contribution < 1.29 is 4.74 Å². The molecular formula is C13H24N2OS. The van der Waals surface area contributed by atoms with Gasteiger partial charge in [0.15, 0.2) is 0 Å². The van der Waals surface area contributed by atoms with E-state index in [9.17, 15) is 0 Å². The van der Waals surface area contributed by atoms with E-state index in [4.69, 9.17) is 4.74 Å². The van der Waals surface area contributed by atoms with E-state index >= 15 is 0 Å². The second-order valence-electron chi connectivity index (χ2n) is 4.89. The number of aromatic nitrogens is 1. The zero-order valence-corrected chi connectivity index (χ0v) is 12.4. The Kier molecular flexibility index (Phi) is 5.56. The highest BCUT2D eigenvalue weighted by atomic mass is 32.1. The zero-order valence-electron chi connectivity index (χ0n) is 11.5. The molecule has 1 rings (SSSR count). The lowest BCUT2D eigenvalue weighted by Crippen LogP contribution is -2.27. The van der Waals surface area contributed by atoms with Crippen LogP contribution in [0.3, 0.4) is 0 Å². The molecule has 1 unspecified atom stereocenters. The van der Waals surface area contributed by atoms with Crippen LogP contribution in [0.25, 0.3) is 0 Å². The first-order valence-corrected chi connectivity index (χ1v) is 7.01. The summed E-state index contributed by atoms with van der Waals surface area (Å²) in [4.78, 5) is 5.66. The molecule has 0 aliphatic heterocycles. The second-order valence-corrected chi connectivity index (χ2v) is 6.16. The molecule has 4 heteroatoms. The third kappa shape index (κ3) is 4.74. The number of nitrogens with zero attached hydrogens (tertiary/aromatic N) is 1. The third-order valence-corrected chi connectivity index (χ3v) is 4.05. The van der Waals surface area contributed by atoms with Gasteiger partial charge in [0.05, 0.1) is 10.6 Å². The summed E-state index contributed by atoms with van der Waals surface area (Å²) in [6.07, 6.45) is 4.11. The maximum atomic E-state index is 5.47. The van der Waals surface area contributed by atoms with Crippen molar-refractivity contribution in [1.82, 2.24) is 10.3 Å². The van der Waals surface area contributed by atoms with Gasteiger partial charge < -0.3 is 10.1 Å². The average Bonchev–Trinajstić information content (AvgIpc) is 2.71. The first kappa shape index (κ1) is 14.6. The van der Waals surface area contributed by atoms with Crippen molar-refractivity contribution in [2.75, 3.05) is 13.7 Å². The third-order valence-electron chi connectivity index (χ3n) is 3.02. The highest BCUT2D eigenvalue weighted by Gasteiger charge is 2.20. The summed E-state index contributed by atoms with van der Waals surface area (Å²) < 4.78 is 5.47. The molecule has 1 aromatic heterocycles. The lowest BCUT2D eigenvalue weighted by Gasteiger charge is -2.25. The van der Waals surface area contributed by atoms with E-state index < -0.39 is 0 Å². The minimum Gasteiger partial charge on any atom is -0.379 e. The molecule has 0 spiro atoms. The monoisotopic (exact) mass is 256 g/mol. The summed E-state index contributed by atoms with van der Waals surface area (Å²) in [6.45, 7) is 9.44. The molecule has 0 amide bonds. The smallest absolute Gasteiger partial charge is 0.0897 e. The largest absolute Gasteiger partial charge is 0.379 e. The SMILES string of the molecule is CCNC(CCC(C)(C)OC)c1cnc(C)s1. The average molecular weight is 256 g/mol. The summed E-state index contributed by atoms with van der Waals surface area (Å²) >= 11 is 1.78. The first-order valence-electron chi connectivity index (χ1n) is 6.19. The number of rotatable bonds is 7. The Morgan fingerprint density at radius 2 is 2.24 bits per heavy atom. The van der Waals surface area contributed by atoms with Crippen molar-refractivity contribution in [3.8, 4) is 0 Å². The number of hydrogen-bond acceptors (Lipinski definition) is 4. The predicted octanol–water partition coefficient (Wildman–Crippen LogP) is 3.31. The Morgan fingerprint density at radius 1 is 1.53 bits per heavy atom. The normalized spacial score (nSPS) is 13.9. The molecule has 0 saturated carbocycles. The van der Waals surface area contributed by atoms with Crippen molar-refractivity contribution in [3.05, 3.63) is 16.1 Å². The molecule has 0 aromatic carbocycles. The molecule has 1 N–H and O–H groups in total. The fraction of sp³-hybridized carbons (Fsp3) is 0.769. The van der Waals surface area contributed by atoms with Crippen molar-refractivity contribution in [2.24, 2.45) is 0 Å². The van der Waals surface area contributed by atoms with E-state index in [0.29, 0.717) is 6.04 Å². The second kappa shape index (κ2) is 6.47. The summed E-state index contributed by atoms with van der Waals surface area (Å²) in [5, 5.41) is 4.66. The summed E-state index contributed by atoms with van der Waals surface area (Å²) in [5.41, 5.74) is -0.0482. The molecule has 0 bridgehead atoms. The van der Waals surface area contributed by atoms with Gasteiger partial charge in [0.25, 0.3) is 0 Å². The van der Waals surface area contributed by atoms with Crippen LogP contribution in [0, 0.1) is 6.92 Å². The Balaban J connectivity index is 2.61. The molecule has 98 valence electrons. The van der Waals surface area contributed by atoms with Crippen LogP contribution < -0.4 is 5.32 Å². The van der Waals surface area contributed by atoms with Gasteiger partial charge >= 0.3 is 0 Å². The standard InChI is InChI=1S/C13H24N2OS/c1-6-14-11(7-8-13(3,4)16-5)12-9-15-10(2)17-12/h9,11,14H,6-8H2,1-5H3. The van der Waals surface area contributed by atoms with Crippen molar-refractivity contribution in [3.63, 3.8) is 0 Å². The quantitative estimate of drug-likeness (QED) is 0.812. The van der Waals surface area contributed by atoms with E-state index in [0.717, 1.165) is 24.4 Å². The predicted molar refractivity (Wildman–Crippen MR) is 73.6 cm³/mol. The molecule has 1 atom stereocenters. The maximum absolute atomic E-state index is 5.47. The van der Waals surface area contributed by atoms with E-state index in [1.807, 2.05) is 6.20 Å². The number of aryl methyl sites for hydroxylation is 1. The van der Waals surface area contributed by atoms with Crippen LogP contribution in [-0.2, 0) is 4.74 Å². The number of methoxy groups -OCH3 is 1. The van der Waals surface area contributed by atoms with Gasteiger partial charge in [-0.1, -0.05) is 6.92 Å². The summed E-state index contributed by atoms with van der Waals surface area (Å²) in [5.74, 6) is 0. The van der Waals surface area contributed by atoms with Gasteiger partial charge in [-0.05, 0) is 40.2 Å². The van der Waals surface area contributed by atoms with Gasteiger partial charge in [-0.2, -0.15) is 0 Å². The lowest BCUT2D eigenvalue weighted by molar-refractivity contribution is 0.0118. The Morgan fingerprint density at radius 3 is 2.71 bits per heavy atom. The van der Waals surface area contributed by atoms with Crippen LogP contribution in [0.1, 0.15) is 49.5 Å². The zero-order chi connectivity index (χ0) is 12.9. The molecule has 0 saturated heterocycles. The fourth-order valence-corrected chi connectivity index (χ4v) is 2.62. The number of ether oxygens (including phenoxy) is 1.